The van der Waals surface area contributed by atoms with Crippen LogP contribution in [0.5, 0.6) is 5.75 Å². The second-order valence-electron chi connectivity index (χ2n) is 4.55. The molecule has 1 aromatic heterocycles. The molecule has 7 heteroatoms. The molecule has 0 fully saturated rings. The number of nitriles is 1. The maximum atomic E-state index is 12.5. The highest BCUT2D eigenvalue weighted by molar-refractivity contribution is 6.18. The van der Waals surface area contributed by atoms with E-state index in [-0.39, 0.29) is 36.7 Å². The minimum absolute atomic E-state index is 0.122. The van der Waals surface area contributed by atoms with Crippen LogP contribution >= 0.6 is 11.6 Å². The standard InChI is InChI=1S/C15H14ClN3O3/c16-6-8-18-14(21)12-13(20)10-4-1-2-5-11(10)19(15(12)22)9-3-7-17/h1-2,4-5,20H,3,6,8-9H2,(H,18,21). The van der Waals surface area contributed by atoms with Crippen LogP contribution in [0.1, 0.15) is 16.8 Å². The van der Waals surface area contributed by atoms with Gasteiger partial charge < -0.3 is 15.0 Å². The van der Waals surface area contributed by atoms with Crippen LogP contribution in [-0.2, 0) is 6.54 Å². The number of pyridine rings is 1. The van der Waals surface area contributed by atoms with Crippen molar-refractivity contribution in [1.29, 1.82) is 5.26 Å². The van der Waals surface area contributed by atoms with Gasteiger partial charge in [0.05, 0.1) is 18.0 Å². The molecule has 0 aliphatic heterocycles. The van der Waals surface area contributed by atoms with Crippen LogP contribution in [0.4, 0.5) is 0 Å². The normalized spacial score (nSPS) is 10.4. The number of rotatable bonds is 5. The van der Waals surface area contributed by atoms with Gasteiger partial charge in [-0.3, -0.25) is 9.59 Å². The Bertz CT molecular complexity index is 808. The smallest absolute Gasteiger partial charge is 0.267 e. The summed E-state index contributed by atoms with van der Waals surface area (Å²) >= 11 is 5.51. The number of para-hydroxylation sites is 1. The van der Waals surface area contributed by atoms with Crippen molar-refractivity contribution < 1.29 is 9.90 Å². The Balaban J connectivity index is 2.69. The van der Waals surface area contributed by atoms with Crippen molar-refractivity contribution in [1.82, 2.24) is 9.88 Å². The number of halogens is 1. The van der Waals surface area contributed by atoms with Gasteiger partial charge in [0.15, 0.2) is 0 Å². The van der Waals surface area contributed by atoms with Crippen molar-refractivity contribution in [3.8, 4) is 11.8 Å². The van der Waals surface area contributed by atoms with Crippen LogP contribution < -0.4 is 10.9 Å². The molecule has 1 aromatic carbocycles. The van der Waals surface area contributed by atoms with Crippen molar-refractivity contribution >= 4 is 28.4 Å². The molecule has 0 unspecified atom stereocenters. The predicted molar refractivity (Wildman–Crippen MR) is 83.2 cm³/mol. The van der Waals surface area contributed by atoms with Crippen LogP contribution in [-0.4, -0.2) is 28.0 Å². The number of fused-ring (bicyclic) bond motifs is 1. The topological polar surface area (TPSA) is 95.1 Å². The van der Waals surface area contributed by atoms with Crippen molar-refractivity contribution in [3.05, 3.63) is 40.2 Å². The summed E-state index contributed by atoms with van der Waals surface area (Å²) in [6, 6.07) is 8.66. The summed E-state index contributed by atoms with van der Waals surface area (Å²) in [6.45, 7) is 0.330. The summed E-state index contributed by atoms with van der Waals surface area (Å²) in [7, 11) is 0. The molecular weight excluding hydrogens is 306 g/mol. The lowest BCUT2D eigenvalue weighted by atomic mass is 10.1. The first-order valence-corrected chi connectivity index (χ1v) is 7.21. The molecule has 0 saturated carbocycles. The number of hydrogen-bond donors (Lipinski definition) is 2. The maximum absolute atomic E-state index is 12.5. The average molecular weight is 320 g/mol. The highest BCUT2D eigenvalue weighted by atomic mass is 35.5. The quantitative estimate of drug-likeness (QED) is 0.818. The van der Waals surface area contributed by atoms with Crippen LogP contribution in [0.15, 0.2) is 29.1 Å². The van der Waals surface area contributed by atoms with Crippen molar-refractivity contribution in [2.75, 3.05) is 12.4 Å². The van der Waals surface area contributed by atoms with Crippen LogP contribution in [0.3, 0.4) is 0 Å². The summed E-state index contributed by atoms with van der Waals surface area (Å²) in [5, 5.41) is 21.9. The van der Waals surface area contributed by atoms with Gasteiger partial charge in [-0.15, -0.1) is 11.6 Å². The minimum atomic E-state index is -0.681. The molecule has 1 heterocycles. The molecule has 0 spiro atoms. The van der Waals surface area contributed by atoms with E-state index in [0.29, 0.717) is 10.9 Å². The van der Waals surface area contributed by atoms with E-state index < -0.39 is 11.5 Å². The molecule has 1 amide bonds. The lowest BCUT2D eigenvalue weighted by molar-refractivity contribution is 0.0951. The third kappa shape index (κ3) is 2.90. The molecule has 0 radical (unpaired) electrons. The zero-order valence-corrected chi connectivity index (χ0v) is 12.4. The highest BCUT2D eigenvalue weighted by Gasteiger charge is 2.21. The van der Waals surface area contributed by atoms with Crippen LogP contribution in [0.25, 0.3) is 10.9 Å². The molecule has 0 aliphatic carbocycles. The first kappa shape index (κ1) is 15.9. The predicted octanol–water partition coefficient (Wildman–Crippen LogP) is 1.59. The summed E-state index contributed by atoms with van der Waals surface area (Å²) in [5.74, 6) is -0.844. The second kappa shape index (κ2) is 6.96. The van der Waals surface area contributed by atoms with Gasteiger partial charge in [0.2, 0.25) is 0 Å². The molecule has 0 saturated heterocycles. The fraction of sp³-hybridized carbons (Fsp3) is 0.267. The molecule has 22 heavy (non-hydrogen) atoms. The summed E-state index contributed by atoms with van der Waals surface area (Å²) in [4.78, 5) is 24.6. The summed E-state index contributed by atoms with van der Waals surface area (Å²) in [6.07, 6.45) is 0.122. The van der Waals surface area contributed by atoms with E-state index in [2.05, 4.69) is 5.32 Å². The van der Waals surface area contributed by atoms with Crippen LogP contribution in [0.2, 0.25) is 0 Å². The summed E-state index contributed by atoms with van der Waals surface area (Å²) in [5.41, 5.74) is -0.477. The number of amides is 1. The highest BCUT2D eigenvalue weighted by Crippen LogP contribution is 2.26. The Morgan fingerprint density at radius 3 is 2.82 bits per heavy atom. The molecule has 114 valence electrons. The molecule has 6 nitrogen and oxygen atoms in total. The van der Waals surface area contributed by atoms with Gasteiger partial charge in [0.1, 0.15) is 11.3 Å². The van der Waals surface area contributed by atoms with E-state index in [1.807, 2.05) is 6.07 Å². The number of hydrogen-bond acceptors (Lipinski definition) is 4. The largest absolute Gasteiger partial charge is 0.506 e. The fourth-order valence-corrected chi connectivity index (χ4v) is 2.32. The van der Waals surface area contributed by atoms with Crippen molar-refractivity contribution in [2.24, 2.45) is 0 Å². The van der Waals surface area contributed by atoms with Gasteiger partial charge in [0, 0.05) is 24.4 Å². The minimum Gasteiger partial charge on any atom is -0.506 e. The third-order valence-corrected chi connectivity index (χ3v) is 3.39. The van der Waals surface area contributed by atoms with Gasteiger partial charge in [0.25, 0.3) is 11.5 Å². The molecule has 0 atom stereocenters. The number of aryl methyl sites for hydroxylation is 1. The lowest BCUT2D eigenvalue weighted by Crippen LogP contribution is -2.34. The van der Waals surface area contributed by atoms with E-state index in [1.54, 1.807) is 24.3 Å². The van der Waals surface area contributed by atoms with Crippen LogP contribution in [0, 0.1) is 11.3 Å². The first-order valence-electron chi connectivity index (χ1n) is 6.67. The number of nitrogens with one attached hydrogen (secondary N) is 1. The Labute approximate surface area is 131 Å². The number of aromatic hydroxyl groups is 1. The second-order valence-corrected chi connectivity index (χ2v) is 4.93. The van der Waals surface area contributed by atoms with Gasteiger partial charge in [-0.05, 0) is 12.1 Å². The monoisotopic (exact) mass is 319 g/mol. The molecular formula is C15H14ClN3O3. The molecule has 2 rings (SSSR count). The first-order chi connectivity index (χ1) is 10.6. The van der Waals surface area contributed by atoms with Gasteiger partial charge in [-0.25, -0.2) is 0 Å². The van der Waals surface area contributed by atoms with Gasteiger partial charge in [-0.1, -0.05) is 12.1 Å². The Hall–Kier alpha value is -2.52. The van der Waals surface area contributed by atoms with E-state index in [4.69, 9.17) is 16.9 Å². The zero-order chi connectivity index (χ0) is 16.1. The number of alkyl halides is 1. The van der Waals surface area contributed by atoms with Gasteiger partial charge in [-0.2, -0.15) is 5.26 Å². The fourth-order valence-electron chi connectivity index (χ4n) is 2.23. The van der Waals surface area contributed by atoms with Gasteiger partial charge >= 0.3 is 0 Å². The van der Waals surface area contributed by atoms with E-state index in [1.165, 1.54) is 4.57 Å². The van der Waals surface area contributed by atoms with Crippen molar-refractivity contribution in [3.63, 3.8) is 0 Å². The van der Waals surface area contributed by atoms with Crippen molar-refractivity contribution in [2.45, 2.75) is 13.0 Å². The SMILES string of the molecule is N#CCCn1c(=O)c(C(=O)NCCCl)c(O)c2ccccc21. The lowest BCUT2D eigenvalue weighted by Gasteiger charge is -2.13. The number of carbonyl (C=O) groups is 1. The third-order valence-electron chi connectivity index (χ3n) is 3.20. The molecule has 0 aliphatic rings. The number of carbonyl (C=O) groups excluding carboxylic acids is 1. The number of aromatic nitrogens is 1. The van der Waals surface area contributed by atoms with E-state index >= 15 is 0 Å². The molecule has 2 N–H and O–H groups in total. The number of benzene rings is 1. The average Bonchev–Trinajstić information content (AvgIpc) is 2.53. The zero-order valence-electron chi connectivity index (χ0n) is 11.7. The maximum Gasteiger partial charge on any atom is 0.267 e. The summed E-state index contributed by atoms with van der Waals surface area (Å²) < 4.78 is 1.33. The van der Waals surface area contributed by atoms with E-state index in [9.17, 15) is 14.7 Å². The number of nitrogens with zero attached hydrogens (tertiary/aromatic N) is 2. The Morgan fingerprint density at radius 2 is 2.14 bits per heavy atom. The van der Waals surface area contributed by atoms with E-state index in [0.717, 1.165) is 0 Å². The molecule has 0 bridgehead atoms. The Kier molecular flexibility index (Phi) is 5.02. The Morgan fingerprint density at radius 1 is 1.41 bits per heavy atom. The molecule has 2 aromatic rings.